The van der Waals surface area contributed by atoms with E-state index in [4.69, 9.17) is 0 Å². The first-order valence-electron chi connectivity index (χ1n) is 6.02. The molecule has 1 N–H and O–H groups in total. The van der Waals surface area contributed by atoms with Gasteiger partial charge in [-0.1, -0.05) is 19.1 Å². The smallest absolute Gasteiger partial charge is 0.194 e. The predicted octanol–water partition coefficient (Wildman–Crippen LogP) is 3.89. The molecule has 0 saturated carbocycles. The van der Waals surface area contributed by atoms with Crippen LogP contribution in [0.25, 0.3) is 0 Å². The van der Waals surface area contributed by atoms with Crippen LogP contribution in [0.5, 0.6) is 0 Å². The first kappa shape index (κ1) is 14.5. The van der Waals surface area contributed by atoms with Gasteiger partial charge in [0, 0.05) is 5.56 Å². The van der Waals surface area contributed by atoms with Crippen molar-refractivity contribution in [3.8, 4) is 0 Å². The number of benzene rings is 2. The topological polar surface area (TPSA) is 20.2 Å². The summed E-state index contributed by atoms with van der Waals surface area (Å²) < 4.78 is 53.4. The minimum Gasteiger partial charge on any atom is -0.380 e. The lowest BCUT2D eigenvalue weighted by Gasteiger charge is -2.28. The average Bonchev–Trinajstić information content (AvgIpc) is 2.44. The Labute approximate surface area is 113 Å². The van der Waals surface area contributed by atoms with E-state index in [1.54, 1.807) is 0 Å². The van der Waals surface area contributed by atoms with Crippen LogP contribution in [0, 0.1) is 23.3 Å². The van der Waals surface area contributed by atoms with Gasteiger partial charge >= 0.3 is 0 Å². The lowest BCUT2D eigenvalue weighted by molar-refractivity contribution is 0.0711. The Morgan fingerprint density at radius 2 is 1.70 bits per heavy atom. The highest BCUT2D eigenvalue weighted by atomic mass is 19.2. The van der Waals surface area contributed by atoms with Crippen LogP contribution in [0.1, 0.15) is 24.5 Å². The van der Waals surface area contributed by atoms with Crippen LogP contribution in [0.4, 0.5) is 17.6 Å². The van der Waals surface area contributed by atoms with E-state index in [1.165, 1.54) is 25.1 Å². The summed E-state index contributed by atoms with van der Waals surface area (Å²) in [5.41, 5.74) is -2.28. The van der Waals surface area contributed by atoms with Crippen molar-refractivity contribution in [1.29, 1.82) is 0 Å². The Hall–Kier alpha value is -1.88. The summed E-state index contributed by atoms with van der Waals surface area (Å²) in [7, 11) is 0. The van der Waals surface area contributed by atoms with Crippen molar-refractivity contribution in [2.75, 3.05) is 0 Å². The van der Waals surface area contributed by atoms with Gasteiger partial charge in [-0.3, -0.25) is 0 Å². The molecule has 0 spiro atoms. The second-order valence-corrected chi connectivity index (χ2v) is 4.45. The van der Waals surface area contributed by atoms with Crippen molar-refractivity contribution in [2.24, 2.45) is 0 Å². The van der Waals surface area contributed by atoms with Crippen LogP contribution in [-0.4, -0.2) is 5.11 Å². The maximum absolute atomic E-state index is 13.9. The number of rotatable bonds is 3. The summed E-state index contributed by atoms with van der Waals surface area (Å²) in [6.07, 6.45) is -0.0293. The first-order valence-corrected chi connectivity index (χ1v) is 6.02. The molecular weight excluding hydrogens is 272 g/mol. The lowest BCUT2D eigenvalue weighted by Crippen LogP contribution is -2.28. The molecule has 2 aromatic rings. The highest BCUT2D eigenvalue weighted by molar-refractivity contribution is 5.37. The lowest BCUT2D eigenvalue weighted by atomic mass is 9.83. The first-order chi connectivity index (χ1) is 9.40. The van der Waals surface area contributed by atoms with Crippen molar-refractivity contribution < 1.29 is 22.7 Å². The van der Waals surface area contributed by atoms with Gasteiger partial charge in [0.1, 0.15) is 11.4 Å². The molecule has 0 aromatic heterocycles. The summed E-state index contributed by atoms with van der Waals surface area (Å²) in [5.74, 6) is -5.09. The molecule has 2 aromatic carbocycles. The fraction of sp³-hybridized carbons (Fsp3) is 0.200. The zero-order valence-corrected chi connectivity index (χ0v) is 10.6. The fourth-order valence-corrected chi connectivity index (χ4v) is 2.14. The maximum Gasteiger partial charge on any atom is 0.194 e. The third-order valence-corrected chi connectivity index (χ3v) is 3.29. The molecule has 2 rings (SSSR count). The van der Waals surface area contributed by atoms with Gasteiger partial charge in [-0.05, 0) is 36.2 Å². The van der Waals surface area contributed by atoms with E-state index in [-0.39, 0.29) is 12.0 Å². The van der Waals surface area contributed by atoms with E-state index in [1.807, 2.05) is 0 Å². The Kier molecular flexibility index (Phi) is 3.81. The molecule has 0 bridgehead atoms. The second kappa shape index (κ2) is 5.25. The van der Waals surface area contributed by atoms with Gasteiger partial charge in [-0.2, -0.15) is 0 Å². The Morgan fingerprint density at radius 1 is 1.00 bits per heavy atom. The number of aliphatic hydroxyl groups is 1. The molecule has 0 aliphatic heterocycles. The molecule has 0 aliphatic rings. The van der Waals surface area contributed by atoms with Crippen molar-refractivity contribution >= 4 is 0 Å². The molecule has 0 aliphatic carbocycles. The van der Waals surface area contributed by atoms with E-state index < -0.39 is 34.4 Å². The number of hydrogen-bond acceptors (Lipinski definition) is 1. The Bertz CT molecular complexity index is 642. The minimum atomic E-state index is -1.93. The summed E-state index contributed by atoms with van der Waals surface area (Å²) in [5, 5.41) is 10.6. The molecule has 0 radical (unpaired) electrons. The van der Waals surface area contributed by atoms with Gasteiger partial charge < -0.3 is 5.11 Å². The van der Waals surface area contributed by atoms with Crippen molar-refractivity contribution in [3.05, 3.63) is 70.8 Å². The Morgan fingerprint density at radius 3 is 2.30 bits per heavy atom. The summed E-state index contributed by atoms with van der Waals surface area (Å²) in [4.78, 5) is 0. The van der Waals surface area contributed by atoms with Crippen LogP contribution in [0.3, 0.4) is 0 Å². The molecule has 1 nitrogen and oxygen atoms in total. The fourth-order valence-electron chi connectivity index (χ4n) is 2.14. The molecule has 0 heterocycles. The van der Waals surface area contributed by atoms with Crippen molar-refractivity contribution in [3.63, 3.8) is 0 Å². The van der Waals surface area contributed by atoms with Gasteiger partial charge in [0.15, 0.2) is 17.5 Å². The summed E-state index contributed by atoms with van der Waals surface area (Å²) in [6.45, 7) is 1.53. The van der Waals surface area contributed by atoms with E-state index in [0.29, 0.717) is 0 Å². The standard InChI is InChI=1S/C15H12F4O/c1-2-15(20,9-4-3-5-10(16)8-9)11-6-7-12(17)14(19)13(11)18/h3-8,20H,2H2,1H3. The number of hydrogen-bond donors (Lipinski definition) is 1. The van der Waals surface area contributed by atoms with Crippen LogP contribution in [0.2, 0.25) is 0 Å². The molecule has 106 valence electrons. The van der Waals surface area contributed by atoms with Gasteiger partial charge in [0.05, 0.1) is 0 Å². The molecular formula is C15H12F4O. The molecule has 0 amide bonds. The van der Waals surface area contributed by atoms with E-state index in [0.717, 1.165) is 18.2 Å². The summed E-state index contributed by atoms with van der Waals surface area (Å²) in [6, 6.07) is 6.64. The van der Waals surface area contributed by atoms with Gasteiger partial charge in [-0.15, -0.1) is 0 Å². The number of halogens is 4. The van der Waals surface area contributed by atoms with Gasteiger partial charge in [0.2, 0.25) is 0 Å². The zero-order chi connectivity index (χ0) is 14.9. The third-order valence-electron chi connectivity index (χ3n) is 3.29. The average molecular weight is 284 g/mol. The van der Waals surface area contributed by atoms with Crippen LogP contribution < -0.4 is 0 Å². The van der Waals surface area contributed by atoms with Gasteiger partial charge in [-0.25, -0.2) is 17.6 Å². The largest absolute Gasteiger partial charge is 0.380 e. The SMILES string of the molecule is CCC(O)(c1cccc(F)c1)c1ccc(F)c(F)c1F. The molecule has 1 unspecified atom stereocenters. The molecule has 5 heteroatoms. The van der Waals surface area contributed by atoms with E-state index in [2.05, 4.69) is 0 Å². The maximum atomic E-state index is 13.9. The molecule has 20 heavy (non-hydrogen) atoms. The highest BCUT2D eigenvalue weighted by Gasteiger charge is 2.34. The van der Waals surface area contributed by atoms with Crippen molar-refractivity contribution in [2.45, 2.75) is 18.9 Å². The van der Waals surface area contributed by atoms with Crippen molar-refractivity contribution in [1.82, 2.24) is 0 Å². The van der Waals surface area contributed by atoms with Crippen LogP contribution >= 0.6 is 0 Å². The normalized spacial score (nSPS) is 14.1. The van der Waals surface area contributed by atoms with E-state index in [9.17, 15) is 22.7 Å². The van der Waals surface area contributed by atoms with Crippen LogP contribution in [0.15, 0.2) is 36.4 Å². The molecule has 0 saturated heterocycles. The van der Waals surface area contributed by atoms with E-state index >= 15 is 0 Å². The highest BCUT2D eigenvalue weighted by Crippen LogP contribution is 2.35. The molecule has 0 fully saturated rings. The summed E-state index contributed by atoms with van der Waals surface area (Å²) >= 11 is 0. The quantitative estimate of drug-likeness (QED) is 0.669. The minimum absolute atomic E-state index is 0.0293. The van der Waals surface area contributed by atoms with Crippen LogP contribution in [-0.2, 0) is 5.60 Å². The zero-order valence-electron chi connectivity index (χ0n) is 10.6. The third kappa shape index (κ3) is 2.29. The predicted molar refractivity (Wildman–Crippen MR) is 66.0 cm³/mol. The van der Waals surface area contributed by atoms with Gasteiger partial charge in [0.25, 0.3) is 0 Å². The molecule has 1 atom stereocenters. The Balaban J connectivity index is 2.65. The second-order valence-electron chi connectivity index (χ2n) is 4.45. The monoisotopic (exact) mass is 284 g/mol.